The lowest BCUT2D eigenvalue weighted by Gasteiger charge is -2.33. The summed E-state index contributed by atoms with van der Waals surface area (Å²) >= 11 is 1.84. The molecule has 0 aromatic heterocycles. The fourth-order valence-electron chi connectivity index (χ4n) is 2.54. The summed E-state index contributed by atoms with van der Waals surface area (Å²) in [5.74, 6) is 1.70. The molecule has 0 N–H and O–H groups in total. The highest BCUT2D eigenvalue weighted by atomic mass is 32.2. The maximum atomic E-state index is 4.15. The van der Waals surface area contributed by atoms with E-state index in [0.717, 1.165) is 18.3 Å². The van der Waals surface area contributed by atoms with Gasteiger partial charge in [0, 0.05) is 4.91 Å². The lowest BCUT2D eigenvalue weighted by Crippen LogP contribution is -2.21. The molecule has 0 aromatic rings. The number of thioether (sulfide) groups is 1. The van der Waals surface area contributed by atoms with Crippen molar-refractivity contribution in [2.24, 2.45) is 11.8 Å². The third kappa shape index (κ3) is 2.45. The molecule has 0 nitrogen and oxygen atoms in total. The van der Waals surface area contributed by atoms with Gasteiger partial charge < -0.3 is 0 Å². The minimum absolute atomic E-state index is 0.756. The molecule has 0 radical (unpaired) electrons. The van der Waals surface area contributed by atoms with E-state index in [4.69, 9.17) is 0 Å². The molecular formula is C15H22S. The SMILES string of the molecule is C=C1C=C(C(C)C2CCC2)CC(C)=C(C)S1. The average molecular weight is 234 g/mol. The number of hydrogen-bond acceptors (Lipinski definition) is 1. The molecule has 1 saturated carbocycles. The van der Waals surface area contributed by atoms with Gasteiger partial charge in [-0.3, -0.25) is 0 Å². The first-order valence-corrected chi connectivity index (χ1v) is 7.13. The van der Waals surface area contributed by atoms with E-state index in [-0.39, 0.29) is 0 Å². The van der Waals surface area contributed by atoms with Crippen molar-refractivity contribution in [2.45, 2.75) is 46.5 Å². The summed E-state index contributed by atoms with van der Waals surface area (Å²) in [6.07, 6.45) is 7.80. The number of hydrogen-bond donors (Lipinski definition) is 0. The smallest absolute Gasteiger partial charge is 0.00463 e. The van der Waals surface area contributed by atoms with Crippen LogP contribution in [-0.2, 0) is 0 Å². The molecule has 1 unspecified atom stereocenters. The average Bonchev–Trinajstić information content (AvgIpc) is 2.24. The van der Waals surface area contributed by atoms with Gasteiger partial charge in [-0.05, 0) is 55.9 Å². The zero-order valence-corrected chi connectivity index (χ0v) is 11.5. The molecule has 1 fully saturated rings. The Labute approximate surface area is 104 Å². The van der Waals surface area contributed by atoms with Crippen LogP contribution < -0.4 is 0 Å². The second-order valence-corrected chi connectivity index (χ2v) is 6.62. The van der Waals surface area contributed by atoms with Crippen LogP contribution in [-0.4, -0.2) is 0 Å². The fraction of sp³-hybridized carbons (Fsp3) is 0.600. The lowest BCUT2D eigenvalue weighted by molar-refractivity contribution is 0.244. The van der Waals surface area contributed by atoms with Gasteiger partial charge in [0.05, 0.1) is 0 Å². The third-order valence-corrected chi connectivity index (χ3v) is 5.18. The van der Waals surface area contributed by atoms with Crippen LogP contribution >= 0.6 is 11.8 Å². The van der Waals surface area contributed by atoms with E-state index in [2.05, 4.69) is 33.4 Å². The molecular weight excluding hydrogens is 212 g/mol. The highest BCUT2D eigenvalue weighted by molar-refractivity contribution is 8.06. The molecule has 1 aliphatic carbocycles. The summed E-state index contributed by atoms with van der Waals surface area (Å²) in [6.45, 7) is 11.0. The highest BCUT2D eigenvalue weighted by Gasteiger charge is 2.27. The third-order valence-electron chi connectivity index (χ3n) is 4.14. The Kier molecular flexibility index (Phi) is 3.63. The second-order valence-electron chi connectivity index (χ2n) is 5.28. The quantitative estimate of drug-likeness (QED) is 0.625. The first-order valence-electron chi connectivity index (χ1n) is 6.31. The van der Waals surface area contributed by atoms with Crippen molar-refractivity contribution in [2.75, 3.05) is 0 Å². The first-order chi connectivity index (χ1) is 7.58. The van der Waals surface area contributed by atoms with Crippen molar-refractivity contribution in [1.82, 2.24) is 0 Å². The second kappa shape index (κ2) is 4.83. The normalized spacial score (nSPS) is 24.9. The Bertz CT molecular complexity index is 356. The minimum atomic E-state index is 0.756. The first kappa shape index (κ1) is 12.0. The van der Waals surface area contributed by atoms with Gasteiger partial charge in [-0.2, -0.15) is 0 Å². The van der Waals surface area contributed by atoms with Gasteiger partial charge in [0.1, 0.15) is 0 Å². The van der Waals surface area contributed by atoms with E-state index in [1.54, 1.807) is 5.57 Å². The summed E-state index contributed by atoms with van der Waals surface area (Å²) in [5, 5.41) is 0. The van der Waals surface area contributed by atoms with E-state index >= 15 is 0 Å². The van der Waals surface area contributed by atoms with Crippen molar-refractivity contribution in [1.29, 1.82) is 0 Å². The van der Waals surface area contributed by atoms with E-state index in [9.17, 15) is 0 Å². The number of rotatable bonds is 2. The van der Waals surface area contributed by atoms with Crippen LogP contribution in [0.5, 0.6) is 0 Å². The van der Waals surface area contributed by atoms with Crippen molar-refractivity contribution < 1.29 is 0 Å². The van der Waals surface area contributed by atoms with Gasteiger partial charge in [-0.1, -0.05) is 42.8 Å². The van der Waals surface area contributed by atoms with E-state index < -0.39 is 0 Å². The minimum Gasteiger partial charge on any atom is -0.0955 e. The molecule has 16 heavy (non-hydrogen) atoms. The Morgan fingerprint density at radius 3 is 2.62 bits per heavy atom. The zero-order chi connectivity index (χ0) is 11.7. The topological polar surface area (TPSA) is 0 Å². The van der Waals surface area contributed by atoms with Crippen LogP contribution in [0.2, 0.25) is 0 Å². The molecule has 0 amide bonds. The predicted octanol–water partition coefficient (Wildman–Crippen LogP) is 5.29. The zero-order valence-electron chi connectivity index (χ0n) is 10.7. The van der Waals surface area contributed by atoms with Gasteiger partial charge >= 0.3 is 0 Å². The maximum absolute atomic E-state index is 4.15. The van der Waals surface area contributed by atoms with Crippen LogP contribution in [0.25, 0.3) is 0 Å². The van der Waals surface area contributed by atoms with Gasteiger partial charge in [0.2, 0.25) is 0 Å². The summed E-state index contributed by atoms with van der Waals surface area (Å²) < 4.78 is 0. The van der Waals surface area contributed by atoms with Crippen molar-refractivity contribution in [3.8, 4) is 0 Å². The Morgan fingerprint density at radius 2 is 2.06 bits per heavy atom. The van der Waals surface area contributed by atoms with Crippen LogP contribution in [0.3, 0.4) is 0 Å². The Morgan fingerprint density at radius 1 is 1.38 bits per heavy atom. The van der Waals surface area contributed by atoms with Gasteiger partial charge in [-0.25, -0.2) is 0 Å². The van der Waals surface area contributed by atoms with E-state index in [0.29, 0.717) is 0 Å². The largest absolute Gasteiger partial charge is 0.0955 e. The summed E-state index contributed by atoms with van der Waals surface area (Å²) in [7, 11) is 0. The monoisotopic (exact) mass is 234 g/mol. The Hall–Kier alpha value is -0.430. The van der Waals surface area contributed by atoms with Crippen molar-refractivity contribution in [3.05, 3.63) is 33.6 Å². The fourth-order valence-corrected chi connectivity index (χ4v) is 3.39. The molecule has 2 rings (SSSR count). The summed E-state index contributed by atoms with van der Waals surface area (Å²) in [6, 6.07) is 0. The predicted molar refractivity (Wildman–Crippen MR) is 74.3 cm³/mol. The molecule has 1 aliphatic heterocycles. The van der Waals surface area contributed by atoms with Gasteiger partial charge in [-0.15, -0.1) is 0 Å². The molecule has 1 heterocycles. The van der Waals surface area contributed by atoms with Crippen LogP contribution in [0.1, 0.15) is 46.5 Å². The molecule has 0 aromatic carbocycles. The summed E-state index contributed by atoms with van der Waals surface area (Å²) in [4.78, 5) is 2.66. The Balaban J connectivity index is 2.16. The lowest BCUT2D eigenvalue weighted by atomic mass is 9.72. The maximum Gasteiger partial charge on any atom is 0.00463 e. The molecule has 1 atom stereocenters. The van der Waals surface area contributed by atoms with E-state index in [1.807, 2.05) is 11.8 Å². The van der Waals surface area contributed by atoms with Crippen LogP contribution in [0.4, 0.5) is 0 Å². The molecule has 1 heteroatoms. The standard InChI is InChI=1S/C15H22S/c1-10-8-15(9-11(2)16-13(10)4)12(3)14-6-5-7-14/h9,12,14H,2,5-8H2,1,3-4H3. The molecule has 0 saturated heterocycles. The van der Waals surface area contributed by atoms with Crippen molar-refractivity contribution >= 4 is 11.8 Å². The van der Waals surface area contributed by atoms with Gasteiger partial charge in [0.15, 0.2) is 0 Å². The molecule has 2 aliphatic rings. The summed E-state index contributed by atoms with van der Waals surface area (Å²) in [5.41, 5.74) is 3.14. The van der Waals surface area contributed by atoms with E-state index in [1.165, 1.54) is 34.6 Å². The van der Waals surface area contributed by atoms with Crippen LogP contribution in [0.15, 0.2) is 33.6 Å². The van der Waals surface area contributed by atoms with Crippen molar-refractivity contribution in [3.63, 3.8) is 0 Å². The number of allylic oxidation sites excluding steroid dienone is 4. The van der Waals surface area contributed by atoms with Gasteiger partial charge in [0.25, 0.3) is 0 Å². The van der Waals surface area contributed by atoms with Crippen LogP contribution in [0, 0.1) is 11.8 Å². The highest BCUT2D eigenvalue weighted by Crippen LogP contribution is 2.42. The molecule has 88 valence electrons. The molecule has 0 spiro atoms. The molecule has 0 bridgehead atoms.